The SMILES string of the molecule is CCOC(=O)Cn1cc(NC(=O)c2ccccn2)nn1. The van der Waals surface area contributed by atoms with Gasteiger partial charge >= 0.3 is 5.97 Å². The Labute approximate surface area is 114 Å². The molecule has 0 unspecified atom stereocenters. The summed E-state index contributed by atoms with van der Waals surface area (Å²) in [5.74, 6) is -0.571. The maximum atomic E-state index is 11.8. The first-order chi connectivity index (χ1) is 9.69. The van der Waals surface area contributed by atoms with Crippen LogP contribution in [-0.2, 0) is 16.1 Å². The van der Waals surface area contributed by atoms with Gasteiger partial charge in [0.25, 0.3) is 5.91 Å². The number of esters is 1. The summed E-state index contributed by atoms with van der Waals surface area (Å²) in [5.41, 5.74) is 0.271. The van der Waals surface area contributed by atoms with Crippen LogP contribution in [0.2, 0.25) is 0 Å². The van der Waals surface area contributed by atoms with Crippen molar-refractivity contribution in [2.75, 3.05) is 11.9 Å². The average Bonchev–Trinajstić information content (AvgIpc) is 2.87. The number of carbonyl (C=O) groups excluding carboxylic acids is 2. The number of ether oxygens (including phenoxy) is 1. The van der Waals surface area contributed by atoms with E-state index in [1.54, 1.807) is 25.1 Å². The fourth-order valence-electron chi connectivity index (χ4n) is 1.45. The summed E-state index contributed by atoms with van der Waals surface area (Å²) in [6, 6.07) is 5.00. The van der Waals surface area contributed by atoms with Gasteiger partial charge in [-0.2, -0.15) is 0 Å². The summed E-state index contributed by atoms with van der Waals surface area (Å²) in [6.45, 7) is 1.97. The van der Waals surface area contributed by atoms with E-state index in [-0.39, 0.29) is 18.1 Å². The first kappa shape index (κ1) is 13.7. The second-order valence-corrected chi connectivity index (χ2v) is 3.78. The Kier molecular flexibility index (Phi) is 4.38. The molecular formula is C12H13N5O3. The van der Waals surface area contributed by atoms with Crippen LogP contribution in [0, 0.1) is 0 Å². The van der Waals surface area contributed by atoms with Gasteiger partial charge in [0.15, 0.2) is 5.82 Å². The molecule has 0 radical (unpaired) electrons. The molecule has 1 N–H and O–H groups in total. The van der Waals surface area contributed by atoms with Crippen molar-refractivity contribution in [3.63, 3.8) is 0 Å². The van der Waals surface area contributed by atoms with Crippen molar-refractivity contribution in [1.82, 2.24) is 20.0 Å². The lowest BCUT2D eigenvalue weighted by molar-refractivity contribution is -0.144. The summed E-state index contributed by atoms with van der Waals surface area (Å²) in [6.07, 6.45) is 2.96. The van der Waals surface area contributed by atoms with Gasteiger partial charge in [-0.3, -0.25) is 14.6 Å². The summed E-state index contributed by atoms with van der Waals surface area (Å²) < 4.78 is 6.06. The molecule has 104 valence electrons. The van der Waals surface area contributed by atoms with Crippen LogP contribution in [-0.4, -0.2) is 38.5 Å². The molecule has 0 aliphatic heterocycles. The van der Waals surface area contributed by atoms with Gasteiger partial charge < -0.3 is 10.1 Å². The van der Waals surface area contributed by atoms with Gasteiger partial charge in [0.05, 0.1) is 12.8 Å². The molecule has 0 aromatic carbocycles. The quantitative estimate of drug-likeness (QED) is 0.797. The van der Waals surface area contributed by atoms with E-state index < -0.39 is 11.9 Å². The maximum Gasteiger partial charge on any atom is 0.327 e. The van der Waals surface area contributed by atoms with Crippen LogP contribution in [0.3, 0.4) is 0 Å². The zero-order valence-corrected chi connectivity index (χ0v) is 10.8. The summed E-state index contributed by atoms with van der Waals surface area (Å²) in [7, 11) is 0. The maximum absolute atomic E-state index is 11.8. The number of hydrogen-bond donors (Lipinski definition) is 1. The van der Waals surface area contributed by atoms with Gasteiger partial charge in [-0.1, -0.05) is 11.3 Å². The lowest BCUT2D eigenvalue weighted by Crippen LogP contribution is -2.14. The Morgan fingerprint density at radius 3 is 2.95 bits per heavy atom. The zero-order chi connectivity index (χ0) is 14.4. The predicted octanol–water partition coefficient (Wildman–Crippen LogP) is 0.488. The Hall–Kier alpha value is -2.77. The molecule has 0 aliphatic rings. The average molecular weight is 275 g/mol. The van der Waals surface area contributed by atoms with Crippen molar-refractivity contribution in [2.45, 2.75) is 13.5 Å². The first-order valence-electron chi connectivity index (χ1n) is 5.97. The van der Waals surface area contributed by atoms with E-state index in [2.05, 4.69) is 20.6 Å². The lowest BCUT2D eigenvalue weighted by atomic mass is 10.3. The number of carbonyl (C=O) groups is 2. The van der Waals surface area contributed by atoms with Crippen LogP contribution in [0.15, 0.2) is 30.6 Å². The van der Waals surface area contributed by atoms with Crippen LogP contribution < -0.4 is 5.32 Å². The molecule has 2 heterocycles. The molecule has 2 rings (SSSR count). The third-order valence-electron chi connectivity index (χ3n) is 2.27. The Balaban J connectivity index is 1.96. The molecule has 8 heteroatoms. The molecule has 0 bridgehead atoms. The minimum atomic E-state index is -0.417. The normalized spacial score (nSPS) is 10.1. The topological polar surface area (TPSA) is 99.0 Å². The van der Waals surface area contributed by atoms with Crippen LogP contribution in [0.5, 0.6) is 0 Å². The minimum Gasteiger partial charge on any atom is -0.465 e. The molecule has 0 aliphatic carbocycles. The Bertz CT molecular complexity index is 596. The van der Waals surface area contributed by atoms with Crippen LogP contribution in [0.1, 0.15) is 17.4 Å². The van der Waals surface area contributed by atoms with Gasteiger partial charge in [-0.25, -0.2) is 4.68 Å². The molecule has 0 saturated heterocycles. The lowest BCUT2D eigenvalue weighted by Gasteiger charge is -2.00. The largest absolute Gasteiger partial charge is 0.465 e. The predicted molar refractivity (Wildman–Crippen MR) is 68.8 cm³/mol. The molecule has 20 heavy (non-hydrogen) atoms. The third kappa shape index (κ3) is 3.61. The van der Waals surface area contributed by atoms with Gasteiger partial charge in [0, 0.05) is 6.20 Å². The molecule has 8 nitrogen and oxygen atoms in total. The van der Waals surface area contributed by atoms with Crippen LogP contribution in [0.4, 0.5) is 5.82 Å². The number of anilines is 1. The molecule has 1 amide bonds. The highest BCUT2D eigenvalue weighted by Gasteiger charge is 2.11. The number of aromatic nitrogens is 4. The fourth-order valence-corrected chi connectivity index (χ4v) is 1.45. The van der Waals surface area contributed by atoms with Crippen molar-refractivity contribution < 1.29 is 14.3 Å². The summed E-state index contributed by atoms with van der Waals surface area (Å²) in [4.78, 5) is 27.0. The van der Waals surface area contributed by atoms with Gasteiger partial charge in [-0.15, -0.1) is 5.10 Å². The van der Waals surface area contributed by atoms with Crippen molar-refractivity contribution in [1.29, 1.82) is 0 Å². The molecule has 0 atom stereocenters. The highest BCUT2D eigenvalue weighted by atomic mass is 16.5. The van der Waals surface area contributed by atoms with Gasteiger partial charge in [0.1, 0.15) is 12.2 Å². The standard InChI is InChI=1S/C12H13N5O3/c1-2-20-11(18)8-17-7-10(15-16-17)14-12(19)9-5-3-4-6-13-9/h3-7H,2,8H2,1H3,(H,14,19). The highest BCUT2D eigenvalue weighted by Crippen LogP contribution is 2.03. The van der Waals surface area contributed by atoms with E-state index >= 15 is 0 Å². The Morgan fingerprint density at radius 2 is 2.25 bits per heavy atom. The van der Waals surface area contributed by atoms with E-state index in [1.165, 1.54) is 17.1 Å². The smallest absolute Gasteiger partial charge is 0.327 e. The monoisotopic (exact) mass is 275 g/mol. The number of nitrogens with one attached hydrogen (secondary N) is 1. The van der Waals surface area contributed by atoms with Crippen LogP contribution >= 0.6 is 0 Å². The number of pyridine rings is 1. The third-order valence-corrected chi connectivity index (χ3v) is 2.27. The first-order valence-corrected chi connectivity index (χ1v) is 5.97. The van der Waals surface area contributed by atoms with E-state index in [1.807, 2.05) is 0 Å². The van der Waals surface area contributed by atoms with Crippen LogP contribution in [0.25, 0.3) is 0 Å². The van der Waals surface area contributed by atoms with Gasteiger partial charge in [-0.05, 0) is 19.1 Å². The fraction of sp³-hybridized carbons (Fsp3) is 0.250. The van der Waals surface area contributed by atoms with Crippen molar-refractivity contribution in [3.8, 4) is 0 Å². The number of amides is 1. The Morgan fingerprint density at radius 1 is 1.40 bits per heavy atom. The highest BCUT2D eigenvalue weighted by molar-refractivity contribution is 6.02. The second-order valence-electron chi connectivity index (χ2n) is 3.78. The van der Waals surface area contributed by atoms with E-state index in [0.717, 1.165) is 0 Å². The minimum absolute atomic E-state index is 0.0553. The molecular weight excluding hydrogens is 262 g/mol. The summed E-state index contributed by atoms with van der Waals surface area (Å²) >= 11 is 0. The molecule has 0 fully saturated rings. The molecule has 0 spiro atoms. The second kappa shape index (κ2) is 6.41. The van der Waals surface area contributed by atoms with E-state index in [9.17, 15) is 9.59 Å². The molecule has 2 aromatic heterocycles. The van der Waals surface area contributed by atoms with Crippen molar-refractivity contribution in [2.24, 2.45) is 0 Å². The summed E-state index contributed by atoms with van der Waals surface area (Å²) in [5, 5.41) is 9.99. The molecule has 2 aromatic rings. The van der Waals surface area contributed by atoms with E-state index in [4.69, 9.17) is 4.74 Å². The van der Waals surface area contributed by atoms with Crippen molar-refractivity contribution in [3.05, 3.63) is 36.3 Å². The molecule has 0 saturated carbocycles. The number of rotatable bonds is 5. The number of nitrogens with zero attached hydrogens (tertiary/aromatic N) is 4. The van der Waals surface area contributed by atoms with E-state index in [0.29, 0.717) is 6.61 Å². The van der Waals surface area contributed by atoms with Gasteiger partial charge in [0.2, 0.25) is 0 Å². The number of hydrogen-bond acceptors (Lipinski definition) is 6. The zero-order valence-electron chi connectivity index (χ0n) is 10.8. The van der Waals surface area contributed by atoms with Crippen molar-refractivity contribution >= 4 is 17.7 Å².